The number of hydrogen-bond donors (Lipinski definition) is 0. The van der Waals surface area contributed by atoms with Crippen LogP contribution in [0.4, 0.5) is 10.5 Å². The Morgan fingerprint density at radius 1 is 0.833 bits per heavy atom. The van der Waals surface area contributed by atoms with E-state index >= 15 is 0 Å². The SMILES string of the molecule is Cc1ccc(-n2ncc(C(=O)N3CCN(c4cccc(C)c4C)CC3)c2C2CCN(C(=O)OC(C)(C)C)CC2)c(C)c1. The van der Waals surface area contributed by atoms with E-state index in [-0.39, 0.29) is 17.9 Å². The molecule has 0 spiro atoms. The molecule has 42 heavy (non-hydrogen) atoms. The molecule has 2 saturated heterocycles. The van der Waals surface area contributed by atoms with Crippen molar-refractivity contribution < 1.29 is 14.3 Å². The molecule has 0 radical (unpaired) electrons. The Kier molecular flexibility index (Phi) is 8.35. The number of piperazine rings is 1. The van der Waals surface area contributed by atoms with E-state index in [0.717, 1.165) is 42.9 Å². The molecule has 2 aliphatic heterocycles. The largest absolute Gasteiger partial charge is 0.444 e. The van der Waals surface area contributed by atoms with E-state index in [2.05, 4.69) is 69.0 Å². The molecule has 3 aromatic rings. The van der Waals surface area contributed by atoms with Crippen LogP contribution in [0.1, 0.15) is 77.8 Å². The maximum atomic E-state index is 14.1. The molecular formula is C34H45N5O3. The molecule has 0 N–H and O–H groups in total. The highest BCUT2D eigenvalue weighted by atomic mass is 16.6. The second-order valence-electron chi connectivity index (χ2n) is 12.9. The molecule has 8 nitrogen and oxygen atoms in total. The first-order valence-electron chi connectivity index (χ1n) is 15.2. The predicted octanol–water partition coefficient (Wildman–Crippen LogP) is 6.18. The maximum absolute atomic E-state index is 14.1. The molecule has 2 aromatic carbocycles. The number of likely N-dealkylation sites (tertiary alicyclic amines) is 1. The molecule has 224 valence electrons. The summed E-state index contributed by atoms with van der Waals surface area (Å²) in [5.74, 6) is 0.137. The van der Waals surface area contributed by atoms with Crippen molar-refractivity contribution in [1.29, 1.82) is 0 Å². The number of rotatable bonds is 4. The second kappa shape index (κ2) is 11.8. The van der Waals surface area contributed by atoms with Gasteiger partial charge >= 0.3 is 6.09 Å². The molecule has 5 rings (SSSR count). The highest BCUT2D eigenvalue weighted by Gasteiger charge is 2.34. The Bertz CT molecular complexity index is 1450. The first kappa shape index (κ1) is 29.7. The standard InChI is InChI=1S/C34H45N5O3/c1-23-11-12-29(25(3)21-23)39-31(27-13-15-38(16-14-27)33(41)42-34(5,6)7)28(22-35-39)32(40)37-19-17-36(18-20-37)30-10-8-9-24(2)26(30)4/h8-12,21-22,27H,13-20H2,1-7H3. The smallest absolute Gasteiger partial charge is 0.410 e. The molecule has 0 aliphatic carbocycles. The highest BCUT2D eigenvalue weighted by Crippen LogP contribution is 2.34. The van der Waals surface area contributed by atoms with Gasteiger partial charge in [0.05, 0.1) is 23.1 Å². The quantitative estimate of drug-likeness (QED) is 0.374. The summed E-state index contributed by atoms with van der Waals surface area (Å²) in [6.45, 7) is 18.2. The van der Waals surface area contributed by atoms with Gasteiger partial charge in [0.25, 0.3) is 5.91 Å². The van der Waals surface area contributed by atoms with Gasteiger partial charge < -0.3 is 19.4 Å². The van der Waals surface area contributed by atoms with E-state index in [9.17, 15) is 9.59 Å². The van der Waals surface area contributed by atoms with Gasteiger partial charge in [0, 0.05) is 50.9 Å². The number of aromatic nitrogens is 2. The first-order valence-corrected chi connectivity index (χ1v) is 15.2. The third kappa shape index (κ3) is 6.18. The third-order valence-electron chi connectivity index (χ3n) is 8.63. The lowest BCUT2D eigenvalue weighted by atomic mass is 9.90. The lowest BCUT2D eigenvalue weighted by molar-refractivity contribution is 0.0203. The molecule has 1 aromatic heterocycles. The number of benzene rings is 2. The zero-order valence-corrected chi connectivity index (χ0v) is 26.2. The Morgan fingerprint density at radius 3 is 2.17 bits per heavy atom. The number of hydrogen-bond acceptors (Lipinski definition) is 5. The minimum atomic E-state index is -0.531. The zero-order chi connectivity index (χ0) is 30.2. The summed E-state index contributed by atoms with van der Waals surface area (Å²) < 4.78 is 7.60. The summed E-state index contributed by atoms with van der Waals surface area (Å²) >= 11 is 0. The van der Waals surface area contributed by atoms with Crippen LogP contribution in [0.2, 0.25) is 0 Å². The van der Waals surface area contributed by atoms with Crippen LogP contribution < -0.4 is 4.90 Å². The van der Waals surface area contributed by atoms with Crippen molar-refractivity contribution >= 4 is 17.7 Å². The lowest BCUT2D eigenvalue weighted by Gasteiger charge is -2.37. The van der Waals surface area contributed by atoms with Crippen LogP contribution in [-0.2, 0) is 4.74 Å². The van der Waals surface area contributed by atoms with Crippen LogP contribution in [0.3, 0.4) is 0 Å². The van der Waals surface area contributed by atoms with Crippen LogP contribution in [0.5, 0.6) is 0 Å². The van der Waals surface area contributed by atoms with Crippen molar-refractivity contribution in [1.82, 2.24) is 19.6 Å². The van der Waals surface area contributed by atoms with Crippen LogP contribution in [0, 0.1) is 27.7 Å². The van der Waals surface area contributed by atoms with Crippen LogP contribution >= 0.6 is 0 Å². The number of anilines is 1. The average molecular weight is 572 g/mol. The van der Waals surface area contributed by atoms with Gasteiger partial charge in [0.2, 0.25) is 0 Å². The third-order valence-corrected chi connectivity index (χ3v) is 8.63. The molecule has 2 amide bonds. The van der Waals surface area contributed by atoms with E-state index in [1.54, 1.807) is 11.1 Å². The van der Waals surface area contributed by atoms with Gasteiger partial charge in [-0.25, -0.2) is 9.48 Å². The molecular weight excluding hydrogens is 526 g/mol. The van der Waals surface area contributed by atoms with Gasteiger partial charge in [-0.3, -0.25) is 4.79 Å². The molecule has 2 aliphatic rings. The van der Waals surface area contributed by atoms with E-state index in [1.165, 1.54) is 22.4 Å². The van der Waals surface area contributed by atoms with Crippen molar-refractivity contribution in [3.63, 3.8) is 0 Å². The summed E-state index contributed by atoms with van der Waals surface area (Å²) in [4.78, 5) is 33.0. The number of nitrogens with zero attached hydrogens (tertiary/aromatic N) is 5. The van der Waals surface area contributed by atoms with Crippen molar-refractivity contribution in [3.8, 4) is 5.69 Å². The number of ether oxygens (including phenoxy) is 1. The normalized spacial score (nSPS) is 16.6. The summed E-state index contributed by atoms with van der Waals surface area (Å²) in [6.07, 6.45) is 2.98. The van der Waals surface area contributed by atoms with Gasteiger partial charge in [-0.15, -0.1) is 0 Å². The maximum Gasteiger partial charge on any atom is 0.410 e. The monoisotopic (exact) mass is 571 g/mol. The Labute approximate surface area is 250 Å². The van der Waals surface area contributed by atoms with Crippen molar-refractivity contribution in [3.05, 3.63) is 76.1 Å². The van der Waals surface area contributed by atoms with E-state index in [1.807, 2.05) is 30.4 Å². The Balaban J connectivity index is 1.39. The minimum Gasteiger partial charge on any atom is -0.444 e. The molecule has 3 heterocycles. The molecule has 0 bridgehead atoms. The predicted molar refractivity (Wildman–Crippen MR) is 167 cm³/mol. The van der Waals surface area contributed by atoms with Crippen molar-refractivity contribution in [2.24, 2.45) is 0 Å². The average Bonchev–Trinajstić information content (AvgIpc) is 3.38. The fourth-order valence-corrected chi connectivity index (χ4v) is 6.21. The van der Waals surface area contributed by atoms with Crippen molar-refractivity contribution in [2.75, 3.05) is 44.2 Å². The van der Waals surface area contributed by atoms with Crippen LogP contribution in [0.25, 0.3) is 5.69 Å². The number of carbonyl (C=O) groups is 2. The van der Waals surface area contributed by atoms with Gasteiger partial charge in [0.1, 0.15) is 5.60 Å². The van der Waals surface area contributed by atoms with E-state index in [0.29, 0.717) is 31.7 Å². The summed E-state index contributed by atoms with van der Waals surface area (Å²) in [6, 6.07) is 12.8. The van der Waals surface area contributed by atoms with Crippen LogP contribution in [-0.4, -0.2) is 76.5 Å². The number of carbonyl (C=O) groups excluding carboxylic acids is 2. The van der Waals surface area contributed by atoms with Gasteiger partial charge in [0.15, 0.2) is 0 Å². The molecule has 8 heteroatoms. The van der Waals surface area contributed by atoms with Gasteiger partial charge in [-0.05, 0) is 90.1 Å². The summed E-state index contributed by atoms with van der Waals surface area (Å²) in [5, 5.41) is 4.81. The lowest BCUT2D eigenvalue weighted by Crippen LogP contribution is -2.49. The van der Waals surface area contributed by atoms with Gasteiger partial charge in [-0.2, -0.15) is 5.10 Å². The zero-order valence-electron chi connectivity index (χ0n) is 26.2. The molecule has 0 unspecified atom stereocenters. The van der Waals surface area contributed by atoms with Gasteiger partial charge in [-0.1, -0.05) is 29.8 Å². The fraction of sp³-hybridized carbons (Fsp3) is 0.500. The van der Waals surface area contributed by atoms with Crippen LogP contribution in [0.15, 0.2) is 42.6 Å². The Hall–Kier alpha value is -3.81. The molecule has 0 saturated carbocycles. The van der Waals surface area contributed by atoms with E-state index < -0.39 is 5.60 Å². The minimum absolute atomic E-state index is 0.0381. The summed E-state index contributed by atoms with van der Waals surface area (Å²) in [5.41, 5.74) is 8.22. The fourth-order valence-electron chi connectivity index (χ4n) is 6.21. The first-order chi connectivity index (χ1) is 19.9. The molecule has 2 fully saturated rings. The summed E-state index contributed by atoms with van der Waals surface area (Å²) in [7, 11) is 0. The second-order valence-corrected chi connectivity index (χ2v) is 12.9. The number of aryl methyl sites for hydroxylation is 3. The Morgan fingerprint density at radius 2 is 1.52 bits per heavy atom. The molecule has 0 atom stereocenters. The van der Waals surface area contributed by atoms with E-state index in [4.69, 9.17) is 9.84 Å². The topological polar surface area (TPSA) is 70.9 Å². The number of amides is 2. The highest BCUT2D eigenvalue weighted by molar-refractivity contribution is 5.95. The van der Waals surface area contributed by atoms with Crippen molar-refractivity contribution in [2.45, 2.75) is 72.8 Å². The number of piperidine rings is 1.